The second-order valence-electron chi connectivity index (χ2n) is 5.04. The fraction of sp³-hybridized carbons (Fsp3) is 0.400. The number of ether oxygens (including phenoxy) is 1. The summed E-state index contributed by atoms with van der Waals surface area (Å²) >= 11 is 1.63. The van der Waals surface area contributed by atoms with E-state index in [1.54, 1.807) is 25.1 Å². The average molecular weight is 290 g/mol. The number of fused-ring (bicyclic) bond motifs is 1. The molecule has 106 valence electrons. The molecule has 2 unspecified atom stereocenters. The number of thioether (sulfide) groups is 1. The first-order valence-electron chi connectivity index (χ1n) is 6.68. The van der Waals surface area contributed by atoms with Gasteiger partial charge >= 0.3 is 0 Å². The summed E-state index contributed by atoms with van der Waals surface area (Å²) in [5.41, 5.74) is 9.81. The molecule has 0 radical (unpaired) electrons. The summed E-state index contributed by atoms with van der Waals surface area (Å²) in [5.74, 6) is 0.894. The molecule has 0 saturated carbocycles. The maximum Gasteiger partial charge on any atom is 0.256 e. The number of nitrogens with two attached hydrogens (primary N) is 1. The lowest BCUT2D eigenvalue weighted by atomic mass is 9.87. The van der Waals surface area contributed by atoms with Gasteiger partial charge in [-0.25, -0.2) is 4.98 Å². The molecule has 2 N–H and O–H groups in total. The van der Waals surface area contributed by atoms with Crippen molar-refractivity contribution in [1.82, 2.24) is 4.98 Å². The van der Waals surface area contributed by atoms with Gasteiger partial charge in [0.25, 0.3) is 5.22 Å². The summed E-state index contributed by atoms with van der Waals surface area (Å²) < 4.78 is 10.7. The zero-order valence-electron chi connectivity index (χ0n) is 11.6. The third-order valence-corrected chi connectivity index (χ3v) is 4.88. The Morgan fingerprint density at radius 3 is 3.00 bits per heavy atom. The smallest absolute Gasteiger partial charge is 0.256 e. The molecule has 1 aliphatic carbocycles. The molecule has 0 saturated heterocycles. The van der Waals surface area contributed by atoms with Crippen molar-refractivity contribution in [2.45, 2.75) is 36.3 Å². The van der Waals surface area contributed by atoms with E-state index in [1.165, 1.54) is 11.1 Å². The number of benzene rings is 1. The highest BCUT2D eigenvalue weighted by molar-refractivity contribution is 7.99. The molecule has 3 rings (SSSR count). The van der Waals surface area contributed by atoms with Crippen LogP contribution in [0.3, 0.4) is 0 Å². The molecular weight excluding hydrogens is 272 g/mol. The SMILES string of the molecule is COc1ccc2c(c1)CCC(Sc1nc(C)co1)C2N. The van der Waals surface area contributed by atoms with E-state index in [2.05, 4.69) is 17.1 Å². The fourth-order valence-corrected chi connectivity index (χ4v) is 3.66. The molecule has 1 heterocycles. The Morgan fingerprint density at radius 2 is 2.30 bits per heavy atom. The van der Waals surface area contributed by atoms with Gasteiger partial charge in [0.05, 0.1) is 12.8 Å². The van der Waals surface area contributed by atoms with Gasteiger partial charge in [0, 0.05) is 11.3 Å². The van der Waals surface area contributed by atoms with Crippen LogP contribution in [0.15, 0.2) is 34.1 Å². The summed E-state index contributed by atoms with van der Waals surface area (Å²) in [5, 5.41) is 1.01. The van der Waals surface area contributed by atoms with Gasteiger partial charge in [0.2, 0.25) is 0 Å². The number of hydrogen-bond donors (Lipinski definition) is 1. The van der Waals surface area contributed by atoms with E-state index in [1.807, 2.05) is 13.0 Å². The molecular formula is C15H18N2O2S. The van der Waals surface area contributed by atoms with Gasteiger partial charge in [0.1, 0.15) is 12.0 Å². The Labute approximate surface area is 122 Å². The Morgan fingerprint density at radius 1 is 1.45 bits per heavy atom. The van der Waals surface area contributed by atoms with Crippen LogP contribution in [0.25, 0.3) is 0 Å². The number of methoxy groups -OCH3 is 1. The molecule has 20 heavy (non-hydrogen) atoms. The van der Waals surface area contributed by atoms with E-state index in [-0.39, 0.29) is 6.04 Å². The quantitative estimate of drug-likeness (QED) is 0.941. The van der Waals surface area contributed by atoms with Crippen molar-refractivity contribution in [3.63, 3.8) is 0 Å². The first kappa shape index (κ1) is 13.5. The van der Waals surface area contributed by atoms with Crippen LogP contribution in [0.5, 0.6) is 5.75 Å². The van der Waals surface area contributed by atoms with Crippen LogP contribution in [0.1, 0.15) is 29.3 Å². The molecule has 1 aromatic heterocycles. The van der Waals surface area contributed by atoms with Crippen LogP contribution in [-0.4, -0.2) is 17.3 Å². The van der Waals surface area contributed by atoms with E-state index in [0.717, 1.165) is 24.3 Å². The Kier molecular flexibility index (Phi) is 3.72. The second-order valence-corrected chi connectivity index (χ2v) is 6.23. The van der Waals surface area contributed by atoms with E-state index in [4.69, 9.17) is 14.9 Å². The highest BCUT2D eigenvalue weighted by Gasteiger charge is 2.29. The number of rotatable bonds is 3. The summed E-state index contributed by atoms with van der Waals surface area (Å²) in [6.07, 6.45) is 3.71. The van der Waals surface area contributed by atoms with Crippen molar-refractivity contribution in [3.05, 3.63) is 41.3 Å². The van der Waals surface area contributed by atoms with Crippen molar-refractivity contribution in [2.24, 2.45) is 5.73 Å². The number of hydrogen-bond acceptors (Lipinski definition) is 5. The summed E-state index contributed by atoms with van der Waals surface area (Å²) in [6.45, 7) is 1.93. The molecule has 5 heteroatoms. The van der Waals surface area contributed by atoms with Gasteiger partial charge < -0.3 is 14.9 Å². The molecule has 2 atom stereocenters. The lowest BCUT2D eigenvalue weighted by Gasteiger charge is -2.29. The second kappa shape index (κ2) is 5.50. The number of aryl methyl sites for hydroxylation is 2. The van der Waals surface area contributed by atoms with Crippen LogP contribution in [0.2, 0.25) is 0 Å². The zero-order valence-corrected chi connectivity index (χ0v) is 12.4. The Balaban J connectivity index is 1.80. The average Bonchev–Trinajstić information content (AvgIpc) is 2.87. The number of oxazole rings is 1. The first-order chi connectivity index (χ1) is 9.67. The number of nitrogens with zero attached hydrogens (tertiary/aromatic N) is 1. The van der Waals surface area contributed by atoms with Crippen LogP contribution in [0, 0.1) is 6.92 Å². The van der Waals surface area contributed by atoms with Gasteiger partial charge in [-0.2, -0.15) is 0 Å². The number of aromatic nitrogens is 1. The maximum atomic E-state index is 6.41. The van der Waals surface area contributed by atoms with E-state index in [9.17, 15) is 0 Å². The molecule has 4 nitrogen and oxygen atoms in total. The highest BCUT2D eigenvalue weighted by atomic mass is 32.2. The molecule has 0 fully saturated rings. The summed E-state index contributed by atoms with van der Waals surface area (Å²) in [6, 6.07) is 6.14. The van der Waals surface area contributed by atoms with Crippen LogP contribution in [0.4, 0.5) is 0 Å². The van der Waals surface area contributed by atoms with E-state index in [0.29, 0.717) is 10.5 Å². The molecule has 0 bridgehead atoms. The van der Waals surface area contributed by atoms with Crippen molar-refractivity contribution >= 4 is 11.8 Å². The third kappa shape index (κ3) is 2.55. The minimum absolute atomic E-state index is 0.00172. The normalized spacial score (nSPS) is 21.6. The topological polar surface area (TPSA) is 61.3 Å². The third-order valence-electron chi connectivity index (χ3n) is 3.66. The summed E-state index contributed by atoms with van der Waals surface area (Å²) in [4.78, 5) is 4.34. The molecule has 0 aliphatic heterocycles. The van der Waals surface area contributed by atoms with E-state index < -0.39 is 0 Å². The predicted molar refractivity (Wildman–Crippen MR) is 79.1 cm³/mol. The van der Waals surface area contributed by atoms with Crippen LogP contribution < -0.4 is 10.5 Å². The van der Waals surface area contributed by atoms with E-state index >= 15 is 0 Å². The van der Waals surface area contributed by atoms with Gasteiger partial charge in [-0.05, 0) is 43.0 Å². The van der Waals surface area contributed by atoms with Crippen molar-refractivity contribution < 1.29 is 9.15 Å². The zero-order chi connectivity index (χ0) is 14.1. The largest absolute Gasteiger partial charge is 0.497 e. The van der Waals surface area contributed by atoms with Gasteiger partial charge in [-0.3, -0.25) is 0 Å². The van der Waals surface area contributed by atoms with Crippen molar-refractivity contribution in [3.8, 4) is 5.75 Å². The lowest BCUT2D eigenvalue weighted by molar-refractivity contribution is 0.413. The van der Waals surface area contributed by atoms with Crippen molar-refractivity contribution in [1.29, 1.82) is 0 Å². The standard InChI is InChI=1S/C15H18N2O2S/c1-9-8-19-15(17-9)20-13-6-3-10-7-11(18-2)4-5-12(10)14(13)16/h4-5,7-8,13-14H,3,6,16H2,1-2H3. The van der Waals surface area contributed by atoms with Crippen molar-refractivity contribution in [2.75, 3.05) is 7.11 Å². The first-order valence-corrected chi connectivity index (χ1v) is 7.56. The van der Waals surface area contributed by atoms with Gasteiger partial charge in [0.15, 0.2) is 0 Å². The Hall–Kier alpha value is -1.46. The van der Waals surface area contributed by atoms with Crippen LogP contribution in [-0.2, 0) is 6.42 Å². The predicted octanol–water partition coefficient (Wildman–Crippen LogP) is 3.10. The minimum atomic E-state index is 0.00172. The lowest BCUT2D eigenvalue weighted by Crippen LogP contribution is -2.29. The Bertz CT molecular complexity index is 612. The molecule has 0 spiro atoms. The minimum Gasteiger partial charge on any atom is -0.497 e. The molecule has 0 amide bonds. The van der Waals surface area contributed by atoms with Crippen LogP contribution >= 0.6 is 11.8 Å². The molecule has 2 aromatic rings. The monoisotopic (exact) mass is 290 g/mol. The highest BCUT2D eigenvalue weighted by Crippen LogP contribution is 2.39. The summed E-state index contributed by atoms with van der Waals surface area (Å²) in [7, 11) is 1.69. The maximum absolute atomic E-state index is 6.41. The fourth-order valence-electron chi connectivity index (χ4n) is 2.58. The van der Waals surface area contributed by atoms with Gasteiger partial charge in [-0.15, -0.1) is 0 Å². The molecule has 1 aliphatic rings. The molecule has 1 aromatic carbocycles. The van der Waals surface area contributed by atoms with Gasteiger partial charge in [-0.1, -0.05) is 17.8 Å².